The monoisotopic (exact) mass is 237 g/mol. The van der Waals surface area contributed by atoms with Crippen molar-refractivity contribution in [3.05, 3.63) is 71.8 Å². The molecule has 1 fully saturated rings. The molecule has 0 aliphatic heterocycles. The second-order valence-corrected chi connectivity index (χ2v) is 5.11. The fraction of sp³-hybridized carbons (Fsp3) is 0.294. The molecule has 0 heterocycles. The van der Waals surface area contributed by atoms with E-state index in [0.717, 1.165) is 19.1 Å². The van der Waals surface area contributed by atoms with E-state index in [1.807, 2.05) is 0 Å². The Morgan fingerprint density at radius 1 is 0.722 bits per heavy atom. The molecule has 0 atom stereocenters. The minimum atomic E-state index is 0.797. The van der Waals surface area contributed by atoms with Gasteiger partial charge < -0.3 is 0 Å². The van der Waals surface area contributed by atoms with Gasteiger partial charge in [-0.15, -0.1) is 0 Å². The Bertz CT molecular complexity index is 432. The van der Waals surface area contributed by atoms with Crippen LogP contribution in [0.15, 0.2) is 60.7 Å². The average Bonchev–Trinajstić information content (AvgIpc) is 3.25. The van der Waals surface area contributed by atoms with Gasteiger partial charge in [0, 0.05) is 19.1 Å². The molecule has 2 aromatic carbocycles. The first-order valence-corrected chi connectivity index (χ1v) is 6.74. The second-order valence-electron chi connectivity index (χ2n) is 5.11. The predicted octanol–water partition coefficient (Wildman–Crippen LogP) is 3.85. The predicted molar refractivity (Wildman–Crippen MR) is 75.2 cm³/mol. The van der Waals surface area contributed by atoms with Crippen LogP contribution in [0.4, 0.5) is 0 Å². The van der Waals surface area contributed by atoms with Crippen molar-refractivity contribution in [1.29, 1.82) is 0 Å². The van der Waals surface area contributed by atoms with E-state index in [2.05, 4.69) is 65.6 Å². The second kappa shape index (κ2) is 5.36. The highest BCUT2D eigenvalue weighted by Gasteiger charge is 2.28. The molecule has 92 valence electrons. The molecule has 0 unspecified atom stereocenters. The van der Waals surface area contributed by atoms with Crippen LogP contribution >= 0.6 is 0 Å². The zero-order chi connectivity index (χ0) is 12.2. The highest BCUT2D eigenvalue weighted by molar-refractivity contribution is 5.17. The van der Waals surface area contributed by atoms with Crippen molar-refractivity contribution in [2.24, 2.45) is 0 Å². The fourth-order valence-electron chi connectivity index (χ4n) is 2.39. The molecular formula is C17H19N. The van der Waals surface area contributed by atoms with Crippen molar-refractivity contribution < 1.29 is 0 Å². The van der Waals surface area contributed by atoms with Crippen LogP contribution < -0.4 is 0 Å². The van der Waals surface area contributed by atoms with E-state index in [9.17, 15) is 0 Å². The summed E-state index contributed by atoms with van der Waals surface area (Å²) in [7, 11) is 0. The summed E-state index contributed by atoms with van der Waals surface area (Å²) in [5, 5.41) is 0. The third-order valence-electron chi connectivity index (χ3n) is 3.52. The van der Waals surface area contributed by atoms with Crippen LogP contribution in [0, 0.1) is 0 Å². The molecule has 1 heteroatoms. The molecule has 0 radical (unpaired) electrons. The Morgan fingerprint density at radius 3 is 1.56 bits per heavy atom. The molecule has 1 nitrogen and oxygen atoms in total. The molecule has 3 rings (SSSR count). The maximum absolute atomic E-state index is 2.60. The van der Waals surface area contributed by atoms with Gasteiger partial charge in [0.25, 0.3) is 0 Å². The average molecular weight is 237 g/mol. The normalized spacial score (nSPS) is 14.9. The third kappa shape index (κ3) is 2.99. The summed E-state index contributed by atoms with van der Waals surface area (Å²) in [6, 6.07) is 22.4. The first kappa shape index (κ1) is 11.5. The van der Waals surface area contributed by atoms with E-state index in [4.69, 9.17) is 0 Å². The molecule has 0 saturated heterocycles. The maximum atomic E-state index is 2.60. The van der Waals surface area contributed by atoms with Gasteiger partial charge in [-0.2, -0.15) is 0 Å². The van der Waals surface area contributed by atoms with Crippen LogP contribution in [-0.4, -0.2) is 10.9 Å². The van der Waals surface area contributed by atoms with E-state index >= 15 is 0 Å². The number of hydrogen-bond donors (Lipinski definition) is 0. The van der Waals surface area contributed by atoms with E-state index < -0.39 is 0 Å². The Balaban J connectivity index is 1.69. The van der Waals surface area contributed by atoms with E-state index in [-0.39, 0.29) is 0 Å². The van der Waals surface area contributed by atoms with Crippen LogP contribution in [0.3, 0.4) is 0 Å². The summed E-state index contributed by atoms with van der Waals surface area (Å²) >= 11 is 0. The number of rotatable bonds is 5. The molecule has 0 spiro atoms. The van der Waals surface area contributed by atoms with Gasteiger partial charge in [-0.3, -0.25) is 4.90 Å². The van der Waals surface area contributed by atoms with Crippen molar-refractivity contribution in [2.75, 3.05) is 0 Å². The topological polar surface area (TPSA) is 3.24 Å². The summed E-state index contributed by atoms with van der Waals surface area (Å²) in [4.78, 5) is 2.60. The summed E-state index contributed by atoms with van der Waals surface area (Å²) < 4.78 is 0. The smallest absolute Gasteiger partial charge is 0.0240 e. The van der Waals surface area contributed by atoms with Gasteiger partial charge in [-0.05, 0) is 24.0 Å². The molecular weight excluding hydrogens is 218 g/mol. The summed E-state index contributed by atoms with van der Waals surface area (Å²) in [5.74, 6) is 0. The Morgan fingerprint density at radius 2 is 1.17 bits per heavy atom. The van der Waals surface area contributed by atoms with Crippen molar-refractivity contribution in [2.45, 2.75) is 32.0 Å². The van der Waals surface area contributed by atoms with Gasteiger partial charge in [0.05, 0.1) is 0 Å². The van der Waals surface area contributed by atoms with Gasteiger partial charge in [-0.1, -0.05) is 60.7 Å². The minimum Gasteiger partial charge on any atom is -0.292 e. The zero-order valence-corrected chi connectivity index (χ0v) is 10.6. The van der Waals surface area contributed by atoms with Crippen LogP contribution in [0.5, 0.6) is 0 Å². The van der Waals surface area contributed by atoms with Crippen molar-refractivity contribution in [3.63, 3.8) is 0 Å². The Labute approximate surface area is 109 Å². The molecule has 1 saturated carbocycles. The summed E-state index contributed by atoms with van der Waals surface area (Å²) in [6.07, 6.45) is 2.72. The molecule has 0 bridgehead atoms. The van der Waals surface area contributed by atoms with E-state index in [1.54, 1.807) is 0 Å². The quantitative estimate of drug-likeness (QED) is 0.763. The molecule has 1 aliphatic rings. The standard InChI is InChI=1S/C17H19N/c1-3-7-15(8-4-1)13-18(17-11-12-17)14-16-9-5-2-6-10-16/h1-10,17H,11-14H2. The lowest BCUT2D eigenvalue weighted by Gasteiger charge is -2.22. The third-order valence-corrected chi connectivity index (χ3v) is 3.52. The zero-order valence-electron chi connectivity index (χ0n) is 10.6. The number of nitrogens with zero attached hydrogens (tertiary/aromatic N) is 1. The van der Waals surface area contributed by atoms with Crippen molar-refractivity contribution >= 4 is 0 Å². The Kier molecular flexibility index (Phi) is 3.42. The van der Waals surface area contributed by atoms with Gasteiger partial charge in [0.2, 0.25) is 0 Å². The van der Waals surface area contributed by atoms with Crippen LogP contribution in [0.1, 0.15) is 24.0 Å². The first-order chi connectivity index (χ1) is 8.92. The lowest BCUT2D eigenvalue weighted by Crippen LogP contribution is -2.24. The van der Waals surface area contributed by atoms with Crippen LogP contribution in [-0.2, 0) is 13.1 Å². The highest BCUT2D eigenvalue weighted by atomic mass is 15.2. The van der Waals surface area contributed by atoms with E-state index in [1.165, 1.54) is 24.0 Å². The van der Waals surface area contributed by atoms with E-state index in [0.29, 0.717) is 0 Å². The van der Waals surface area contributed by atoms with Gasteiger partial charge >= 0.3 is 0 Å². The maximum Gasteiger partial charge on any atom is 0.0240 e. The molecule has 0 amide bonds. The molecule has 1 aliphatic carbocycles. The first-order valence-electron chi connectivity index (χ1n) is 6.74. The minimum absolute atomic E-state index is 0.797. The van der Waals surface area contributed by atoms with Gasteiger partial charge in [-0.25, -0.2) is 0 Å². The van der Waals surface area contributed by atoms with Crippen molar-refractivity contribution in [3.8, 4) is 0 Å². The van der Waals surface area contributed by atoms with Gasteiger partial charge in [0.15, 0.2) is 0 Å². The van der Waals surface area contributed by atoms with Gasteiger partial charge in [0.1, 0.15) is 0 Å². The largest absolute Gasteiger partial charge is 0.292 e. The Hall–Kier alpha value is -1.60. The lowest BCUT2D eigenvalue weighted by atomic mass is 10.1. The highest BCUT2D eigenvalue weighted by Crippen LogP contribution is 2.29. The summed E-state index contributed by atoms with van der Waals surface area (Å²) in [6.45, 7) is 2.14. The molecule has 0 aromatic heterocycles. The molecule has 2 aromatic rings. The summed E-state index contributed by atoms with van der Waals surface area (Å²) in [5.41, 5.74) is 2.83. The van der Waals surface area contributed by atoms with Crippen molar-refractivity contribution in [1.82, 2.24) is 4.90 Å². The SMILES string of the molecule is c1ccc(CN(Cc2ccccc2)C2CC2)cc1. The fourth-order valence-corrected chi connectivity index (χ4v) is 2.39. The lowest BCUT2D eigenvalue weighted by molar-refractivity contribution is 0.246. The molecule has 0 N–H and O–H groups in total. The van der Waals surface area contributed by atoms with Crippen LogP contribution in [0.2, 0.25) is 0 Å². The number of benzene rings is 2. The number of hydrogen-bond acceptors (Lipinski definition) is 1. The molecule has 18 heavy (non-hydrogen) atoms. The van der Waals surface area contributed by atoms with Crippen LogP contribution in [0.25, 0.3) is 0 Å².